The summed E-state index contributed by atoms with van der Waals surface area (Å²) < 4.78 is 8.73. The van der Waals surface area contributed by atoms with Crippen LogP contribution in [0.3, 0.4) is 0 Å². The monoisotopic (exact) mass is 405 g/mol. The van der Waals surface area contributed by atoms with Crippen molar-refractivity contribution in [3.05, 3.63) is 15.0 Å². The van der Waals surface area contributed by atoms with Gasteiger partial charge in [-0.3, -0.25) is 4.68 Å². The Morgan fingerprint density at radius 1 is 1.43 bits per heavy atom. The second-order valence-corrected chi connectivity index (χ2v) is 7.83. The van der Waals surface area contributed by atoms with Gasteiger partial charge in [-0.1, -0.05) is 0 Å². The molecule has 0 bridgehead atoms. The molecule has 1 aliphatic rings. The summed E-state index contributed by atoms with van der Waals surface area (Å²) in [6.07, 6.45) is 0.807. The molecule has 0 N–H and O–H groups in total. The average Bonchev–Trinajstić information content (AvgIpc) is 2.90. The SMILES string of the molecule is Cc1nn(CC2CCN(C(=O)OC(C)(C)C)C2)c(C)c1I. The lowest BCUT2D eigenvalue weighted by Crippen LogP contribution is -2.35. The van der Waals surface area contributed by atoms with Gasteiger partial charge in [-0.25, -0.2) is 4.79 Å². The molecular formula is C15H24IN3O2. The number of nitrogens with zero attached hydrogens (tertiary/aromatic N) is 3. The van der Waals surface area contributed by atoms with Crippen LogP contribution < -0.4 is 0 Å². The van der Waals surface area contributed by atoms with Gasteiger partial charge in [0, 0.05) is 25.3 Å². The summed E-state index contributed by atoms with van der Waals surface area (Å²) in [5, 5.41) is 4.58. The molecule has 1 aromatic heterocycles. The van der Waals surface area contributed by atoms with Gasteiger partial charge in [-0.15, -0.1) is 0 Å². The van der Waals surface area contributed by atoms with E-state index in [0.717, 1.165) is 31.7 Å². The predicted octanol–water partition coefficient (Wildman–Crippen LogP) is 3.36. The molecule has 0 spiro atoms. The van der Waals surface area contributed by atoms with Gasteiger partial charge in [0.25, 0.3) is 0 Å². The van der Waals surface area contributed by atoms with Crippen LogP contribution in [0.15, 0.2) is 0 Å². The number of amides is 1. The van der Waals surface area contributed by atoms with Crippen molar-refractivity contribution in [2.45, 2.75) is 53.2 Å². The zero-order valence-electron chi connectivity index (χ0n) is 13.4. The molecular weight excluding hydrogens is 381 g/mol. The van der Waals surface area contributed by atoms with Crippen molar-refractivity contribution in [1.82, 2.24) is 14.7 Å². The van der Waals surface area contributed by atoms with Crippen LogP contribution in [-0.2, 0) is 11.3 Å². The Hall–Kier alpha value is -0.790. The Balaban J connectivity index is 1.93. The minimum absolute atomic E-state index is 0.201. The highest BCUT2D eigenvalue weighted by Crippen LogP contribution is 2.23. The van der Waals surface area contributed by atoms with Crippen LogP contribution in [0.4, 0.5) is 4.79 Å². The minimum atomic E-state index is -0.430. The molecule has 1 unspecified atom stereocenters. The van der Waals surface area contributed by atoms with Crippen LogP contribution in [0.25, 0.3) is 0 Å². The molecule has 118 valence electrons. The van der Waals surface area contributed by atoms with Crippen LogP contribution in [0.1, 0.15) is 38.6 Å². The van der Waals surface area contributed by atoms with Gasteiger partial charge >= 0.3 is 6.09 Å². The third-order valence-corrected chi connectivity index (χ3v) is 5.22. The molecule has 6 heteroatoms. The number of hydrogen-bond acceptors (Lipinski definition) is 3. The maximum Gasteiger partial charge on any atom is 0.410 e. The van der Waals surface area contributed by atoms with E-state index < -0.39 is 5.60 Å². The van der Waals surface area contributed by atoms with Crippen LogP contribution in [0, 0.1) is 23.3 Å². The second-order valence-electron chi connectivity index (χ2n) is 6.75. The topological polar surface area (TPSA) is 47.4 Å². The highest BCUT2D eigenvalue weighted by atomic mass is 127. The number of ether oxygens (including phenoxy) is 1. The van der Waals surface area contributed by atoms with Gasteiger partial charge in [-0.2, -0.15) is 5.10 Å². The van der Waals surface area contributed by atoms with Crippen molar-refractivity contribution in [3.8, 4) is 0 Å². The predicted molar refractivity (Wildman–Crippen MR) is 90.3 cm³/mol. The maximum absolute atomic E-state index is 12.1. The van der Waals surface area contributed by atoms with E-state index in [9.17, 15) is 4.79 Å². The molecule has 0 saturated carbocycles. The Bertz CT molecular complexity index is 534. The van der Waals surface area contributed by atoms with Crippen molar-refractivity contribution < 1.29 is 9.53 Å². The van der Waals surface area contributed by atoms with E-state index in [-0.39, 0.29) is 6.09 Å². The minimum Gasteiger partial charge on any atom is -0.444 e. The van der Waals surface area contributed by atoms with Gasteiger partial charge in [0.05, 0.1) is 9.26 Å². The molecule has 2 heterocycles. The third kappa shape index (κ3) is 4.11. The normalized spacial score (nSPS) is 19.1. The number of aromatic nitrogens is 2. The lowest BCUT2D eigenvalue weighted by Gasteiger charge is -2.24. The lowest BCUT2D eigenvalue weighted by molar-refractivity contribution is 0.0286. The Morgan fingerprint density at radius 3 is 2.62 bits per heavy atom. The first-order chi connectivity index (χ1) is 9.67. The molecule has 0 aliphatic carbocycles. The van der Waals surface area contributed by atoms with E-state index >= 15 is 0 Å². The second kappa shape index (κ2) is 6.14. The molecule has 1 fully saturated rings. The molecule has 21 heavy (non-hydrogen) atoms. The summed E-state index contributed by atoms with van der Waals surface area (Å²) in [5.74, 6) is 0.450. The number of carbonyl (C=O) groups is 1. The first-order valence-electron chi connectivity index (χ1n) is 7.35. The fourth-order valence-electron chi connectivity index (χ4n) is 2.57. The van der Waals surface area contributed by atoms with Crippen molar-refractivity contribution in [2.75, 3.05) is 13.1 Å². The summed E-state index contributed by atoms with van der Waals surface area (Å²) >= 11 is 2.34. The summed E-state index contributed by atoms with van der Waals surface area (Å²) in [5.41, 5.74) is 1.86. The Kier molecular flexibility index (Phi) is 4.85. The molecule has 1 amide bonds. The van der Waals surface area contributed by atoms with E-state index in [1.165, 1.54) is 9.26 Å². The van der Waals surface area contributed by atoms with E-state index in [1.54, 1.807) is 0 Å². The number of halogens is 1. The summed E-state index contributed by atoms with van der Waals surface area (Å²) in [6, 6.07) is 0. The lowest BCUT2D eigenvalue weighted by atomic mass is 10.1. The molecule has 0 aromatic carbocycles. The smallest absolute Gasteiger partial charge is 0.410 e. The van der Waals surface area contributed by atoms with Crippen LogP contribution in [0.2, 0.25) is 0 Å². The Morgan fingerprint density at radius 2 is 2.10 bits per heavy atom. The number of hydrogen-bond donors (Lipinski definition) is 0. The number of aryl methyl sites for hydroxylation is 1. The van der Waals surface area contributed by atoms with Crippen molar-refractivity contribution in [1.29, 1.82) is 0 Å². The van der Waals surface area contributed by atoms with Crippen molar-refractivity contribution in [3.63, 3.8) is 0 Å². The van der Waals surface area contributed by atoms with Crippen LogP contribution in [-0.4, -0.2) is 39.5 Å². The average molecular weight is 405 g/mol. The third-order valence-electron chi connectivity index (χ3n) is 3.66. The molecule has 1 aromatic rings. The van der Waals surface area contributed by atoms with Crippen molar-refractivity contribution >= 4 is 28.7 Å². The summed E-state index contributed by atoms with van der Waals surface area (Å²) in [4.78, 5) is 13.9. The fourth-order valence-corrected chi connectivity index (χ4v) is 2.96. The highest BCUT2D eigenvalue weighted by Gasteiger charge is 2.30. The van der Waals surface area contributed by atoms with Gasteiger partial charge in [0.2, 0.25) is 0 Å². The van der Waals surface area contributed by atoms with Gasteiger partial charge in [0.15, 0.2) is 0 Å². The fraction of sp³-hybridized carbons (Fsp3) is 0.733. The molecule has 1 saturated heterocycles. The first kappa shape index (κ1) is 16.6. The van der Waals surface area contributed by atoms with E-state index in [4.69, 9.17) is 4.74 Å². The van der Waals surface area contributed by atoms with Gasteiger partial charge < -0.3 is 9.64 Å². The first-order valence-corrected chi connectivity index (χ1v) is 8.42. The summed E-state index contributed by atoms with van der Waals surface area (Å²) in [7, 11) is 0. The van der Waals surface area contributed by atoms with E-state index in [2.05, 4.69) is 39.3 Å². The maximum atomic E-state index is 12.1. The molecule has 1 atom stereocenters. The zero-order chi connectivity index (χ0) is 15.8. The quantitative estimate of drug-likeness (QED) is 0.709. The summed E-state index contributed by atoms with van der Waals surface area (Å²) in [6.45, 7) is 12.2. The number of carbonyl (C=O) groups excluding carboxylic acids is 1. The molecule has 0 radical (unpaired) electrons. The van der Waals surface area contributed by atoms with Crippen LogP contribution >= 0.6 is 22.6 Å². The molecule has 1 aliphatic heterocycles. The Labute approximate surface area is 140 Å². The van der Waals surface area contributed by atoms with Crippen molar-refractivity contribution in [2.24, 2.45) is 5.92 Å². The standard InChI is InChI=1S/C15H24IN3O2/c1-10-13(16)11(2)19(17-10)9-12-6-7-18(8-12)14(20)21-15(3,4)5/h12H,6-9H2,1-5H3. The number of likely N-dealkylation sites (tertiary alicyclic amines) is 1. The van der Waals surface area contributed by atoms with E-state index in [1.807, 2.05) is 32.6 Å². The van der Waals surface area contributed by atoms with Crippen LogP contribution in [0.5, 0.6) is 0 Å². The van der Waals surface area contributed by atoms with E-state index in [0.29, 0.717) is 5.92 Å². The number of rotatable bonds is 2. The zero-order valence-corrected chi connectivity index (χ0v) is 15.6. The van der Waals surface area contributed by atoms with Gasteiger partial charge in [-0.05, 0) is 69.5 Å². The van der Waals surface area contributed by atoms with Gasteiger partial charge in [0.1, 0.15) is 5.60 Å². The highest BCUT2D eigenvalue weighted by molar-refractivity contribution is 14.1. The molecule has 2 rings (SSSR count). The largest absolute Gasteiger partial charge is 0.444 e. The molecule has 5 nitrogen and oxygen atoms in total.